The third-order valence-electron chi connectivity index (χ3n) is 5.16. The molecule has 0 saturated carbocycles. The molecule has 1 aliphatic heterocycles. The van der Waals surface area contributed by atoms with E-state index >= 15 is 0 Å². The number of aromatic nitrogens is 3. The van der Waals surface area contributed by atoms with E-state index in [0.717, 1.165) is 23.4 Å². The summed E-state index contributed by atoms with van der Waals surface area (Å²) in [6.07, 6.45) is 2.36. The van der Waals surface area contributed by atoms with Crippen LogP contribution in [0.1, 0.15) is 35.4 Å². The molecule has 1 aliphatic rings. The number of benzene rings is 1. The molecule has 0 bridgehead atoms. The molecule has 1 saturated heterocycles. The van der Waals surface area contributed by atoms with Crippen molar-refractivity contribution in [3.63, 3.8) is 0 Å². The summed E-state index contributed by atoms with van der Waals surface area (Å²) >= 11 is 1.81. The van der Waals surface area contributed by atoms with Crippen molar-refractivity contribution < 1.29 is 8.94 Å². The van der Waals surface area contributed by atoms with Gasteiger partial charge in [0.15, 0.2) is 0 Å². The van der Waals surface area contributed by atoms with Gasteiger partial charge in [-0.15, -0.1) is 21.5 Å². The average Bonchev–Trinajstić information content (AvgIpc) is 3.50. The maximum Gasteiger partial charge on any atom is 0.253 e. The molecule has 0 aliphatic carbocycles. The Morgan fingerprint density at radius 1 is 1.14 bits per heavy atom. The van der Waals surface area contributed by atoms with E-state index in [1.54, 1.807) is 0 Å². The molecule has 0 amide bonds. The van der Waals surface area contributed by atoms with E-state index in [1.165, 1.54) is 17.7 Å². The first-order valence-corrected chi connectivity index (χ1v) is 10.3. The van der Waals surface area contributed by atoms with Crippen molar-refractivity contribution in [3.8, 4) is 22.7 Å². The zero-order chi connectivity index (χ0) is 18.9. The Morgan fingerprint density at radius 2 is 2.04 bits per heavy atom. The lowest BCUT2D eigenvalue weighted by Crippen LogP contribution is -2.22. The lowest BCUT2D eigenvalue weighted by molar-refractivity contribution is 0.227. The summed E-state index contributed by atoms with van der Waals surface area (Å²) in [4.78, 5) is 3.82. The predicted molar refractivity (Wildman–Crippen MR) is 107 cm³/mol. The van der Waals surface area contributed by atoms with Crippen LogP contribution in [0.4, 0.5) is 0 Å². The minimum absolute atomic E-state index is 0.438. The lowest BCUT2D eigenvalue weighted by Gasteiger charge is -2.21. The van der Waals surface area contributed by atoms with Gasteiger partial charge in [-0.1, -0.05) is 41.6 Å². The zero-order valence-corrected chi connectivity index (χ0v) is 16.4. The number of rotatable bonds is 5. The van der Waals surface area contributed by atoms with Gasteiger partial charge in [-0.25, -0.2) is 0 Å². The van der Waals surface area contributed by atoms with Gasteiger partial charge in [0.05, 0.1) is 6.54 Å². The highest BCUT2D eigenvalue weighted by Crippen LogP contribution is 2.36. The van der Waals surface area contributed by atoms with Crippen LogP contribution in [0.25, 0.3) is 22.7 Å². The van der Waals surface area contributed by atoms with Crippen LogP contribution in [0.3, 0.4) is 0 Å². The van der Waals surface area contributed by atoms with Gasteiger partial charge < -0.3 is 8.94 Å². The minimum atomic E-state index is 0.438. The van der Waals surface area contributed by atoms with Gasteiger partial charge in [0, 0.05) is 16.5 Å². The Labute approximate surface area is 166 Å². The van der Waals surface area contributed by atoms with Gasteiger partial charge in [-0.2, -0.15) is 0 Å². The largest absolute Gasteiger partial charge is 0.419 e. The van der Waals surface area contributed by atoms with E-state index < -0.39 is 0 Å². The van der Waals surface area contributed by atoms with Gasteiger partial charge in [-0.3, -0.25) is 4.90 Å². The number of hydrogen-bond donors (Lipinski definition) is 0. The molecule has 5 rings (SSSR count). The topological polar surface area (TPSA) is 68.2 Å². The van der Waals surface area contributed by atoms with Crippen molar-refractivity contribution in [2.24, 2.45) is 0 Å². The molecule has 0 radical (unpaired) electrons. The quantitative estimate of drug-likeness (QED) is 0.471. The fraction of sp³-hybridized carbons (Fsp3) is 0.286. The van der Waals surface area contributed by atoms with Crippen LogP contribution >= 0.6 is 11.3 Å². The highest BCUT2D eigenvalue weighted by Gasteiger charge is 2.29. The summed E-state index contributed by atoms with van der Waals surface area (Å²) < 4.78 is 11.5. The second kappa shape index (κ2) is 7.33. The molecule has 1 aromatic carbocycles. The van der Waals surface area contributed by atoms with Gasteiger partial charge >= 0.3 is 0 Å². The van der Waals surface area contributed by atoms with E-state index in [-0.39, 0.29) is 0 Å². The summed E-state index contributed by atoms with van der Waals surface area (Å²) in [6, 6.07) is 14.7. The maximum atomic E-state index is 6.04. The van der Waals surface area contributed by atoms with Crippen LogP contribution in [0.15, 0.2) is 56.8 Å². The smallest absolute Gasteiger partial charge is 0.253 e. The lowest BCUT2D eigenvalue weighted by atomic mass is 10.1. The monoisotopic (exact) mass is 392 g/mol. The van der Waals surface area contributed by atoms with Crippen LogP contribution in [-0.4, -0.2) is 26.8 Å². The fourth-order valence-corrected chi connectivity index (χ4v) is 4.72. The average molecular weight is 392 g/mol. The number of aryl methyl sites for hydroxylation is 1. The molecule has 1 fully saturated rings. The summed E-state index contributed by atoms with van der Waals surface area (Å²) in [6.45, 7) is 3.56. The molecule has 0 N–H and O–H groups in total. The first kappa shape index (κ1) is 17.3. The van der Waals surface area contributed by atoms with Gasteiger partial charge in [-0.05, 0) is 37.8 Å². The van der Waals surface area contributed by atoms with E-state index in [0.29, 0.717) is 30.1 Å². The Hall–Kier alpha value is -2.77. The van der Waals surface area contributed by atoms with Crippen molar-refractivity contribution in [2.45, 2.75) is 32.4 Å². The van der Waals surface area contributed by atoms with Crippen LogP contribution in [-0.2, 0) is 6.54 Å². The fourth-order valence-electron chi connectivity index (χ4n) is 3.83. The number of hydrogen-bond acceptors (Lipinski definition) is 7. The Bertz CT molecular complexity index is 1060. The van der Waals surface area contributed by atoms with Crippen LogP contribution in [0.2, 0.25) is 0 Å². The van der Waals surface area contributed by atoms with Crippen LogP contribution in [0.5, 0.6) is 0 Å². The Morgan fingerprint density at radius 3 is 2.86 bits per heavy atom. The Kier molecular flexibility index (Phi) is 4.54. The standard InChI is InChI=1S/C21H20N4O2S/c1-14-19(20(24-27-14)15-7-3-2-4-8-15)21-23-22-18(26-21)13-25-11-5-9-16(25)17-10-6-12-28-17/h2-4,6-8,10,12,16H,5,9,11,13H2,1H3. The van der Waals surface area contributed by atoms with Crippen molar-refractivity contribution in [1.82, 2.24) is 20.3 Å². The van der Waals surface area contributed by atoms with Crippen molar-refractivity contribution in [1.29, 1.82) is 0 Å². The minimum Gasteiger partial charge on any atom is -0.419 e. The van der Waals surface area contributed by atoms with Gasteiger partial charge in [0.25, 0.3) is 5.89 Å². The molecule has 1 atom stereocenters. The van der Waals surface area contributed by atoms with Crippen LogP contribution in [0, 0.1) is 6.92 Å². The van der Waals surface area contributed by atoms with Crippen molar-refractivity contribution in [3.05, 3.63) is 64.4 Å². The number of likely N-dealkylation sites (tertiary alicyclic amines) is 1. The SMILES string of the molecule is Cc1onc(-c2ccccc2)c1-c1nnc(CN2CCCC2c2cccs2)o1. The van der Waals surface area contributed by atoms with Gasteiger partial charge in [0.1, 0.15) is 17.0 Å². The Balaban J connectivity index is 1.41. The highest BCUT2D eigenvalue weighted by atomic mass is 32.1. The molecule has 28 heavy (non-hydrogen) atoms. The second-order valence-electron chi connectivity index (χ2n) is 6.97. The molecule has 4 aromatic rings. The summed E-state index contributed by atoms with van der Waals surface area (Å²) in [5, 5.41) is 14.9. The number of thiophene rings is 1. The molecule has 4 heterocycles. The summed E-state index contributed by atoms with van der Waals surface area (Å²) in [7, 11) is 0. The molecule has 1 unspecified atom stereocenters. The summed E-state index contributed by atoms with van der Waals surface area (Å²) in [5.41, 5.74) is 2.46. The molecule has 3 aromatic heterocycles. The van der Waals surface area contributed by atoms with Crippen molar-refractivity contribution >= 4 is 11.3 Å². The first-order chi connectivity index (χ1) is 13.8. The second-order valence-corrected chi connectivity index (χ2v) is 7.95. The molecule has 6 nitrogen and oxygen atoms in total. The molecule has 0 spiro atoms. The zero-order valence-electron chi connectivity index (χ0n) is 15.5. The van der Waals surface area contributed by atoms with Gasteiger partial charge in [0.2, 0.25) is 5.89 Å². The molecular weight excluding hydrogens is 372 g/mol. The predicted octanol–water partition coefficient (Wildman–Crippen LogP) is 5.10. The maximum absolute atomic E-state index is 6.04. The van der Waals surface area contributed by atoms with E-state index in [9.17, 15) is 0 Å². The van der Waals surface area contributed by atoms with E-state index in [4.69, 9.17) is 8.94 Å². The first-order valence-electron chi connectivity index (χ1n) is 9.41. The van der Waals surface area contributed by atoms with Crippen LogP contribution < -0.4 is 0 Å². The molecular formula is C21H20N4O2S. The normalized spacial score (nSPS) is 17.4. The van der Waals surface area contributed by atoms with E-state index in [1.807, 2.05) is 48.6 Å². The third kappa shape index (κ3) is 3.16. The van der Waals surface area contributed by atoms with E-state index in [2.05, 4.69) is 37.8 Å². The summed E-state index contributed by atoms with van der Waals surface area (Å²) in [5.74, 6) is 1.75. The third-order valence-corrected chi connectivity index (χ3v) is 6.14. The number of nitrogens with zero attached hydrogens (tertiary/aromatic N) is 4. The molecule has 7 heteroatoms. The van der Waals surface area contributed by atoms with Crippen molar-refractivity contribution in [2.75, 3.05) is 6.54 Å². The molecule has 142 valence electrons. The highest BCUT2D eigenvalue weighted by molar-refractivity contribution is 7.10.